The molecule has 2 N–H and O–H groups in total. The lowest BCUT2D eigenvalue weighted by Gasteiger charge is -2.30. The van der Waals surface area contributed by atoms with E-state index in [-0.39, 0.29) is 48.5 Å². The minimum atomic E-state index is -3.55. The molecular formula is C21H24FN3O4S. The Morgan fingerprint density at radius 2 is 1.63 bits per heavy atom. The first-order chi connectivity index (χ1) is 14.4. The highest BCUT2D eigenvalue weighted by Gasteiger charge is 2.31. The summed E-state index contributed by atoms with van der Waals surface area (Å²) in [6, 6.07) is 14.1. The van der Waals surface area contributed by atoms with E-state index in [1.165, 1.54) is 22.5 Å². The first kappa shape index (κ1) is 21.9. The molecule has 1 aliphatic rings. The number of piperidine rings is 1. The Morgan fingerprint density at radius 3 is 2.30 bits per heavy atom. The van der Waals surface area contributed by atoms with Crippen molar-refractivity contribution in [3.63, 3.8) is 0 Å². The molecule has 7 nitrogen and oxygen atoms in total. The van der Waals surface area contributed by atoms with Gasteiger partial charge in [0, 0.05) is 32.0 Å². The molecule has 0 saturated carbocycles. The lowest BCUT2D eigenvalue weighted by molar-refractivity contribution is -0.126. The van der Waals surface area contributed by atoms with Gasteiger partial charge in [-0.3, -0.25) is 9.59 Å². The van der Waals surface area contributed by atoms with Crippen molar-refractivity contribution in [2.24, 2.45) is 5.92 Å². The van der Waals surface area contributed by atoms with Crippen molar-refractivity contribution in [2.75, 3.05) is 25.0 Å². The van der Waals surface area contributed by atoms with E-state index in [0.29, 0.717) is 12.8 Å². The summed E-state index contributed by atoms with van der Waals surface area (Å²) in [6.07, 6.45) is 0.847. The minimum absolute atomic E-state index is 0.0152. The zero-order chi connectivity index (χ0) is 21.6. The summed E-state index contributed by atoms with van der Waals surface area (Å²) in [5, 5.41) is 5.17. The van der Waals surface area contributed by atoms with Gasteiger partial charge in [0.2, 0.25) is 21.8 Å². The number of nitrogens with zero attached hydrogens (tertiary/aromatic N) is 1. The average molecular weight is 434 g/mol. The maximum atomic E-state index is 13.5. The van der Waals surface area contributed by atoms with Crippen LogP contribution in [0, 0.1) is 11.7 Å². The van der Waals surface area contributed by atoms with Gasteiger partial charge in [-0.05, 0) is 37.1 Å². The fraction of sp³-hybridized carbons (Fsp3) is 0.333. The van der Waals surface area contributed by atoms with Crippen molar-refractivity contribution in [2.45, 2.75) is 24.2 Å². The summed E-state index contributed by atoms with van der Waals surface area (Å²) < 4.78 is 40.2. The van der Waals surface area contributed by atoms with Gasteiger partial charge in [0.15, 0.2) is 0 Å². The number of anilines is 1. The molecule has 1 saturated heterocycles. The van der Waals surface area contributed by atoms with Crippen LogP contribution in [0.4, 0.5) is 10.1 Å². The molecule has 2 aromatic rings. The van der Waals surface area contributed by atoms with Crippen molar-refractivity contribution in [3.8, 4) is 0 Å². The summed E-state index contributed by atoms with van der Waals surface area (Å²) in [4.78, 5) is 24.5. The van der Waals surface area contributed by atoms with Crippen LogP contribution >= 0.6 is 0 Å². The molecule has 160 valence electrons. The predicted molar refractivity (Wildman–Crippen MR) is 111 cm³/mol. The van der Waals surface area contributed by atoms with Crippen LogP contribution in [0.25, 0.3) is 0 Å². The topological polar surface area (TPSA) is 95.6 Å². The number of carbonyl (C=O) groups is 2. The molecule has 1 aliphatic heterocycles. The molecule has 30 heavy (non-hydrogen) atoms. The number of hydrogen-bond acceptors (Lipinski definition) is 4. The third-order valence-corrected chi connectivity index (χ3v) is 6.92. The van der Waals surface area contributed by atoms with Gasteiger partial charge in [-0.25, -0.2) is 12.8 Å². The summed E-state index contributed by atoms with van der Waals surface area (Å²) in [6.45, 7) is 0.661. The van der Waals surface area contributed by atoms with Crippen LogP contribution in [0.15, 0.2) is 59.5 Å². The van der Waals surface area contributed by atoms with Crippen molar-refractivity contribution < 1.29 is 22.4 Å². The number of benzene rings is 2. The van der Waals surface area contributed by atoms with Gasteiger partial charge >= 0.3 is 0 Å². The van der Waals surface area contributed by atoms with Crippen LogP contribution in [-0.4, -0.2) is 44.2 Å². The Balaban J connectivity index is 1.42. The molecule has 0 aliphatic carbocycles. The number of amides is 2. The largest absolute Gasteiger partial charge is 0.355 e. The number of halogens is 1. The minimum Gasteiger partial charge on any atom is -0.355 e. The Hall–Kier alpha value is -2.78. The Labute approximate surface area is 175 Å². The highest BCUT2D eigenvalue weighted by molar-refractivity contribution is 7.89. The van der Waals surface area contributed by atoms with Gasteiger partial charge in [0.1, 0.15) is 5.82 Å². The summed E-state index contributed by atoms with van der Waals surface area (Å²) in [7, 11) is -3.55. The van der Waals surface area contributed by atoms with E-state index in [9.17, 15) is 22.4 Å². The molecule has 1 heterocycles. The van der Waals surface area contributed by atoms with Gasteiger partial charge in [-0.15, -0.1) is 0 Å². The Kier molecular flexibility index (Phi) is 7.17. The van der Waals surface area contributed by atoms with Gasteiger partial charge in [0.05, 0.1) is 10.6 Å². The lowest BCUT2D eigenvalue weighted by atomic mass is 9.97. The van der Waals surface area contributed by atoms with E-state index in [2.05, 4.69) is 10.6 Å². The highest BCUT2D eigenvalue weighted by Crippen LogP contribution is 2.23. The summed E-state index contributed by atoms with van der Waals surface area (Å²) in [5.74, 6) is -1.43. The van der Waals surface area contributed by atoms with Crippen LogP contribution < -0.4 is 10.6 Å². The van der Waals surface area contributed by atoms with Crippen molar-refractivity contribution in [3.05, 3.63) is 60.4 Å². The number of para-hydroxylation sites is 1. The van der Waals surface area contributed by atoms with Crippen LogP contribution in [0.3, 0.4) is 0 Å². The van der Waals surface area contributed by atoms with Crippen LogP contribution in [0.5, 0.6) is 0 Å². The number of rotatable bonds is 7. The third-order valence-electron chi connectivity index (χ3n) is 5.00. The Bertz CT molecular complexity index is 990. The number of nitrogens with one attached hydrogen (secondary N) is 2. The molecule has 3 rings (SSSR count). The van der Waals surface area contributed by atoms with Crippen LogP contribution in [0.2, 0.25) is 0 Å². The first-order valence-electron chi connectivity index (χ1n) is 9.75. The van der Waals surface area contributed by atoms with Crippen molar-refractivity contribution in [1.29, 1.82) is 0 Å². The molecule has 0 bridgehead atoms. The molecule has 0 aromatic heterocycles. The van der Waals surface area contributed by atoms with Gasteiger partial charge < -0.3 is 10.6 Å². The highest BCUT2D eigenvalue weighted by atomic mass is 32.2. The second-order valence-corrected chi connectivity index (χ2v) is 9.00. The van der Waals surface area contributed by atoms with Crippen molar-refractivity contribution >= 4 is 27.5 Å². The van der Waals surface area contributed by atoms with E-state index in [1.54, 1.807) is 36.4 Å². The van der Waals surface area contributed by atoms with E-state index in [0.717, 1.165) is 0 Å². The molecular weight excluding hydrogens is 409 g/mol. The molecule has 0 spiro atoms. The predicted octanol–water partition coefficient (Wildman–Crippen LogP) is 2.37. The number of hydrogen-bond donors (Lipinski definition) is 2. The van der Waals surface area contributed by atoms with E-state index >= 15 is 0 Å². The molecule has 2 amide bonds. The monoisotopic (exact) mass is 433 g/mol. The van der Waals surface area contributed by atoms with E-state index in [4.69, 9.17) is 0 Å². The van der Waals surface area contributed by atoms with E-state index in [1.807, 2.05) is 0 Å². The fourth-order valence-corrected chi connectivity index (χ4v) is 4.81. The second-order valence-electron chi connectivity index (χ2n) is 7.06. The SMILES string of the molecule is O=C(CCNC(=O)C1CCN(S(=O)(=O)c2ccccc2)CC1)Nc1ccccc1F. The van der Waals surface area contributed by atoms with Crippen molar-refractivity contribution in [1.82, 2.24) is 9.62 Å². The zero-order valence-corrected chi connectivity index (χ0v) is 17.2. The molecule has 0 unspecified atom stereocenters. The average Bonchev–Trinajstić information content (AvgIpc) is 2.76. The lowest BCUT2D eigenvalue weighted by Crippen LogP contribution is -2.43. The molecule has 0 atom stereocenters. The smallest absolute Gasteiger partial charge is 0.243 e. The third kappa shape index (κ3) is 5.43. The number of carbonyl (C=O) groups excluding carboxylic acids is 2. The van der Waals surface area contributed by atoms with Gasteiger partial charge in [0.25, 0.3) is 0 Å². The van der Waals surface area contributed by atoms with E-state index < -0.39 is 21.7 Å². The normalized spacial score (nSPS) is 15.5. The quantitative estimate of drug-likeness (QED) is 0.701. The fourth-order valence-electron chi connectivity index (χ4n) is 3.32. The second kappa shape index (κ2) is 9.82. The standard InChI is InChI=1S/C21H24FN3O4S/c22-18-8-4-5-9-19(18)24-20(26)10-13-23-21(27)16-11-14-25(15-12-16)30(28,29)17-6-2-1-3-7-17/h1-9,16H,10-15H2,(H,23,27)(H,24,26). The Morgan fingerprint density at radius 1 is 1.00 bits per heavy atom. The maximum absolute atomic E-state index is 13.5. The zero-order valence-electron chi connectivity index (χ0n) is 16.4. The van der Waals surface area contributed by atoms with Gasteiger partial charge in [-0.1, -0.05) is 30.3 Å². The van der Waals surface area contributed by atoms with Gasteiger partial charge in [-0.2, -0.15) is 4.31 Å². The maximum Gasteiger partial charge on any atom is 0.243 e. The first-order valence-corrected chi connectivity index (χ1v) is 11.2. The van der Waals surface area contributed by atoms with Crippen LogP contribution in [-0.2, 0) is 19.6 Å². The summed E-state index contributed by atoms with van der Waals surface area (Å²) >= 11 is 0. The van der Waals surface area contributed by atoms with Crippen LogP contribution in [0.1, 0.15) is 19.3 Å². The number of sulfonamides is 1. The molecule has 2 aromatic carbocycles. The molecule has 9 heteroatoms. The molecule has 0 radical (unpaired) electrons. The molecule has 1 fully saturated rings. The summed E-state index contributed by atoms with van der Waals surface area (Å²) in [5.41, 5.74) is 0.0980.